The normalized spacial score (nSPS) is 46.6. The standard InChI is InChI=1S/C28H48O3/c1-16(2)17(3)25(30)26(31)18(4)20-10-11-21-19-15-24(29)23-9-7-8-13-27(23,5)22(19)12-14-28(20,21)6/h16-23,25-26,30-31H,7-15H2,1-6H3/t17?,18-,19?,20?,21?,22?,23?,25?,26?,27?,28?/m0/s1. The summed E-state index contributed by atoms with van der Waals surface area (Å²) in [6, 6.07) is 0. The Kier molecular flexibility index (Phi) is 6.45. The minimum absolute atomic E-state index is 0.0948. The zero-order chi connectivity index (χ0) is 22.7. The molecule has 0 saturated heterocycles. The van der Waals surface area contributed by atoms with Gasteiger partial charge in [-0.25, -0.2) is 0 Å². The number of rotatable bonds is 5. The molecule has 4 aliphatic rings. The molecule has 0 aromatic carbocycles. The molecule has 178 valence electrons. The molecule has 0 heterocycles. The first-order valence-corrected chi connectivity index (χ1v) is 13.4. The van der Waals surface area contributed by atoms with E-state index in [9.17, 15) is 15.0 Å². The predicted octanol–water partition coefficient (Wildman–Crippen LogP) is 5.86. The molecule has 0 radical (unpaired) electrons. The van der Waals surface area contributed by atoms with E-state index in [-0.39, 0.29) is 22.7 Å². The van der Waals surface area contributed by atoms with E-state index < -0.39 is 12.2 Å². The van der Waals surface area contributed by atoms with Crippen molar-refractivity contribution in [2.45, 2.75) is 112 Å². The molecule has 2 N–H and O–H groups in total. The van der Waals surface area contributed by atoms with E-state index in [2.05, 4.69) is 41.5 Å². The Labute approximate surface area is 190 Å². The number of ketones is 1. The molecule has 0 bridgehead atoms. The summed E-state index contributed by atoms with van der Waals surface area (Å²) in [4.78, 5) is 13.3. The molecule has 11 atom stereocenters. The number of aliphatic hydroxyl groups excluding tert-OH is 2. The summed E-state index contributed by atoms with van der Waals surface area (Å²) in [5.41, 5.74) is 0.423. The smallest absolute Gasteiger partial charge is 0.136 e. The fourth-order valence-corrected chi connectivity index (χ4v) is 9.26. The highest BCUT2D eigenvalue weighted by Gasteiger charge is 2.62. The first-order chi connectivity index (χ1) is 14.5. The van der Waals surface area contributed by atoms with Crippen molar-refractivity contribution >= 4 is 5.78 Å². The summed E-state index contributed by atoms with van der Waals surface area (Å²) in [6.45, 7) is 13.4. The fraction of sp³-hybridized carbons (Fsp3) is 0.964. The molecule has 4 fully saturated rings. The molecular formula is C28H48O3. The van der Waals surface area contributed by atoms with Crippen molar-refractivity contribution in [2.24, 2.45) is 58.2 Å². The van der Waals surface area contributed by atoms with Gasteiger partial charge >= 0.3 is 0 Å². The van der Waals surface area contributed by atoms with Gasteiger partial charge in [-0.1, -0.05) is 54.4 Å². The molecule has 4 saturated carbocycles. The molecule has 4 aliphatic carbocycles. The maximum atomic E-state index is 13.3. The van der Waals surface area contributed by atoms with Gasteiger partial charge in [0.1, 0.15) is 5.78 Å². The van der Waals surface area contributed by atoms with Crippen LogP contribution in [0.15, 0.2) is 0 Å². The van der Waals surface area contributed by atoms with Crippen molar-refractivity contribution in [3.05, 3.63) is 0 Å². The van der Waals surface area contributed by atoms with Gasteiger partial charge in [0.15, 0.2) is 0 Å². The van der Waals surface area contributed by atoms with Crippen molar-refractivity contribution in [3.63, 3.8) is 0 Å². The van der Waals surface area contributed by atoms with E-state index in [0.29, 0.717) is 41.3 Å². The largest absolute Gasteiger partial charge is 0.390 e. The van der Waals surface area contributed by atoms with E-state index in [1.165, 1.54) is 38.5 Å². The lowest BCUT2D eigenvalue weighted by molar-refractivity contribution is -0.156. The maximum Gasteiger partial charge on any atom is 0.136 e. The van der Waals surface area contributed by atoms with Gasteiger partial charge in [-0.3, -0.25) is 4.79 Å². The van der Waals surface area contributed by atoms with E-state index >= 15 is 0 Å². The Hall–Kier alpha value is -0.410. The molecule has 0 amide bonds. The maximum absolute atomic E-state index is 13.3. The van der Waals surface area contributed by atoms with Crippen LogP contribution in [0, 0.1) is 58.2 Å². The lowest BCUT2D eigenvalue weighted by atomic mass is 9.44. The molecular weight excluding hydrogens is 384 g/mol. The second-order valence-electron chi connectivity index (χ2n) is 13.0. The van der Waals surface area contributed by atoms with Crippen molar-refractivity contribution < 1.29 is 15.0 Å². The highest BCUT2D eigenvalue weighted by atomic mass is 16.3. The third kappa shape index (κ3) is 3.65. The zero-order valence-electron chi connectivity index (χ0n) is 20.9. The summed E-state index contributed by atoms with van der Waals surface area (Å²) < 4.78 is 0. The van der Waals surface area contributed by atoms with E-state index in [1.807, 2.05) is 0 Å². The monoisotopic (exact) mass is 432 g/mol. The number of carbonyl (C=O) groups excluding carboxylic acids is 1. The SMILES string of the molecule is CC(C)C(C)C(O)C(O)[C@@H](C)C1CCC2C3CC(=O)C4CCCCC4(C)C3CCC21C. The number of fused-ring (bicyclic) bond motifs is 5. The molecule has 3 heteroatoms. The Balaban J connectivity index is 1.54. The minimum atomic E-state index is -0.663. The molecule has 0 aromatic heterocycles. The van der Waals surface area contributed by atoms with Gasteiger partial charge in [0.25, 0.3) is 0 Å². The van der Waals surface area contributed by atoms with Crippen molar-refractivity contribution in [1.82, 2.24) is 0 Å². The van der Waals surface area contributed by atoms with Crippen molar-refractivity contribution in [1.29, 1.82) is 0 Å². The van der Waals surface area contributed by atoms with Crippen LogP contribution in [0.2, 0.25) is 0 Å². The van der Waals surface area contributed by atoms with E-state index in [4.69, 9.17) is 0 Å². The quantitative estimate of drug-likeness (QED) is 0.572. The third-order valence-electron chi connectivity index (χ3n) is 11.6. The molecule has 0 aromatic rings. The van der Waals surface area contributed by atoms with E-state index in [1.54, 1.807) is 0 Å². The third-order valence-corrected chi connectivity index (χ3v) is 11.6. The molecule has 31 heavy (non-hydrogen) atoms. The lowest BCUT2D eigenvalue weighted by Gasteiger charge is -2.60. The average molecular weight is 433 g/mol. The summed E-state index contributed by atoms with van der Waals surface area (Å²) in [7, 11) is 0. The highest BCUT2D eigenvalue weighted by Crippen LogP contribution is 2.67. The Morgan fingerprint density at radius 3 is 2.19 bits per heavy atom. The van der Waals surface area contributed by atoms with Crippen LogP contribution in [0.25, 0.3) is 0 Å². The van der Waals surface area contributed by atoms with Crippen LogP contribution in [-0.4, -0.2) is 28.2 Å². The molecule has 4 rings (SSSR count). The Morgan fingerprint density at radius 1 is 0.839 bits per heavy atom. The second kappa shape index (κ2) is 8.42. The first-order valence-electron chi connectivity index (χ1n) is 13.4. The van der Waals surface area contributed by atoms with Crippen LogP contribution in [0.3, 0.4) is 0 Å². The lowest BCUT2D eigenvalue weighted by Crippen LogP contribution is -2.56. The number of hydrogen-bond acceptors (Lipinski definition) is 3. The summed E-state index contributed by atoms with van der Waals surface area (Å²) in [5, 5.41) is 22.0. The summed E-state index contributed by atoms with van der Waals surface area (Å²) in [5.74, 6) is 3.72. The van der Waals surface area contributed by atoms with Crippen molar-refractivity contribution in [3.8, 4) is 0 Å². The molecule has 3 nitrogen and oxygen atoms in total. The van der Waals surface area contributed by atoms with Crippen LogP contribution < -0.4 is 0 Å². The van der Waals surface area contributed by atoms with Crippen LogP contribution in [0.4, 0.5) is 0 Å². The van der Waals surface area contributed by atoms with Gasteiger partial charge in [-0.05, 0) is 90.8 Å². The van der Waals surface area contributed by atoms with Gasteiger partial charge in [0.2, 0.25) is 0 Å². The summed E-state index contributed by atoms with van der Waals surface area (Å²) >= 11 is 0. The number of aliphatic hydroxyl groups is 2. The number of carbonyl (C=O) groups is 1. The van der Waals surface area contributed by atoms with Gasteiger partial charge in [-0.15, -0.1) is 0 Å². The molecule has 0 spiro atoms. The zero-order valence-corrected chi connectivity index (χ0v) is 20.9. The Morgan fingerprint density at radius 2 is 1.52 bits per heavy atom. The Bertz CT molecular complexity index is 673. The van der Waals surface area contributed by atoms with Crippen LogP contribution in [-0.2, 0) is 4.79 Å². The molecule has 0 aliphatic heterocycles. The van der Waals surface area contributed by atoms with Crippen LogP contribution in [0.5, 0.6) is 0 Å². The first kappa shape index (κ1) is 23.7. The second-order valence-corrected chi connectivity index (χ2v) is 13.0. The number of hydrogen-bond donors (Lipinski definition) is 2. The van der Waals surface area contributed by atoms with Crippen LogP contribution >= 0.6 is 0 Å². The van der Waals surface area contributed by atoms with Gasteiger partial charge < -0.3 is 10.2 Å². The number of Topliss-reactive ketones (excluding diaryl/α,β-unsaturated/α-hetero) is 1. The van der Waals surface area contributed by atoms with Crippen molar-refractivity contribution in [2.75, 3.05) is 0 Å². The predicted molar refractivity (Wildman–Crippen MR) is 125 cm³/mol. The van der Waals surface area contributed by atoms with Gasteiger partial charge in [-0.2, -0.15) is 0 Å². The topological polar surface area (TPSA) is 57.5 Å². The van der Waals surface area contributed by atoms with E-state index in [0.717, 1.165) is 19.3 Å². The summed E-state index contributed by atoms with van der Waals surface area (Å²) in [6.07, 6.45) is 9.20. The highest BCUT2D eigenvalue weighted by molar-refractivity contribution is 5.83. The minimum Gasteiger partial charge on any atom is -0.390 e. The van der Waals surface area contributed by atoms with Crippen LogP contribution in [0.1, 0.15) is 99.3 Å². The fourth-order valence-electron chi connectivity index (χ4n) is 9.26. The average Bonchev–Trinajstić information content (AvgIpc) is 3.08. The molecule has 10 unspecified atom stereocenters. The van der Waals surface area contributed by atoms with Gasteiger partial charge in [0.05, 0.1) is 12.2 Å². The van der Waals surface area contributed by atoms with Gasteiger partial charge in [0, 0.05) is 12.3 Å².